The predicted octanol–water partition coefficient (Wildman–Crippen LogP) is 3.20. The van der Waals surface area contributed by atoms with Gasteiger partial charge in [0.2, 0.25) is 5.95 Å². The molecule has 0 atom stereocenters. The van der Waals surface area contributed by atoms with E-state index in [1.165, 1.54) is 11.1 Å². The van der Waals surface area contributed by atoms with E-state index in [9.17, 15) is 4.79 Å². The fraction of sp³-hybridized carbons (Fsp3) is 0.333. The molecule has 1 saturated heterocycles. The molecule has 0 aliphatic carbocycles. The Bertz CT molecular complexity index is 1360. The number of rotatable bonds is 4. The van der Waals surface area contributed by atoms with Crippen LogP contribution in [0.1, 0.15) is 31.9 Å². The van der Waals surface area contributed by atoms with Crippen molar-refractivity contribution in [3.05, 3.63) is 58.8 Å². The number of benzene rings is 1. The second kappa shape index (κ2) is 8.23. The van der Waals surface area contributed by atoms with Crippen LogP contribution < -0.4 is 10.5 Å². The number of fused-ring (bicyclic) bond motifs is 2. The van der Waals surface area contributed by atoms with Crippen LogP contribution >= 0.6 is 0 Å². The number of hydrogen-bond donors (Lipinski definition) is 0. The lowest BCUT2D eigenvalue weighted by Crippen LogP contribution is -2.32. The third-order valence-electron chi connectivity index (χ3n) is 5.84. The highest BCUT2D eigenvalue weighted by atomic mass is 16.1. The molecule has 0 radical (unpaired) electrons. The molecule has 156 valence electrons. The minimum absolute atomic E-state index is 0.166. The lowest BCUT2D eigenvalue weighted by Gasteiger charge is -2.27. The lowest BCUT2D eigenvalue weighted by atomic mass is 10.1. The summed E-state index contributed by atoms with van der Waals surface area (Å²) in [6.07, 6.45) is 6.97. The quantitative estimate of drug-likeness (QED) is 0.482. The summed E-state index contributed by atoms with van der Waals surface area (Å²) in [5, 5.41) is 6.54. The molecule has 1 aliphatic rings. The maximum absolute atomic E-state index is 13.5. The van der Waals surface area contributed by atoms with Gasteiger partial charge in [-0.25, -0.2) is 9.67 Å². The monoisotopic (exact) mass is 412 g/mol. The third kappa shape index (κ3) is 3.55. The molecule has 0 spiro atoms. The molecular formula is C24H24N6O. The number of piperidine rings is 1. The zero-order valence-corrected chi connectivity index (χ0v) is 17.6. The fourth-order valence-electron chi connectivity index (χ4n) is 4.28. The molecule has 0 amide bonds. The van der Waals surface area contributed by atoms with Gasteiger partial charge in [-0.05, 0) is 37.6 Å². The first kappa shape index (κ1) is 19.3. The largest absolute Gasteiger partial charge is 0.342 e. The molecule has 4 aromatic rings. The zero-order valence-electron chi connectivity index (χ0n) is 17.6. The number of aromatic nitrogens is 5. The Kier molecular flexibility index (Phi) is 5.13. The molecule has 0 bridgehead atoms. The number of hydrogen-bond acceptors (Lipinski definition) is 5. The third-order valence-corrected chi connectivity index (χ3v) is 5.84. The average Bonchev–Trinajstić information content (AvgIpc) is 3.19. The number of nitrogens with zero attached hydrogens (tertiary/aromatic N) is 6. The van der Waals surface area contributed by atoms with E-state index in [1.54, 1.807) is 12.4 Å². The summed E-state index contributed by atoms with van der Waals surface area (Å²) in [4.78, 5) is 25.1. The standard InChI is InChI=1S/C24H24N6O/c1-2-3-15-29-22-20(27-24(29)28-13-7-4-8-14-28)16-26-30(23(22)31)17-21-19-10-6-5-9-18(19)11-12-25-21/h5-6,9-12,16H,4,7-8,13-15,17H2,1H3. The van der Waals surface area contributed by atoms with Crippen molar-refractivity contribution < 1.29 is 0 Å². The van der Waals surface area contributed by atoms with Crippen molar-refractivity contribution in [3.8, 4) is 11.8 Å². The van der Waals surface area contributed by atoms with Crippen molar-refractivity contribution in [2.75, 3.05) is 18.0 Å². The van der Waals surface area contributed by atoms with Gasteiger partial charge in [-0.1, -0.05) is 30.2 Å². The van der Waals surface area contributed by atoms with E-state index in [2.05, 4.69) is 26.8 Å². The van der Waals surface area contributed by atoms with Gasteiger partial charge in [-0.15, -0.1) is 5.92 Å². The summed E-state index contributed by atoms with van der Waals surface area (Å²) >= 11 is 0. The van der Waals surface area contributed by atoms with E-state index in [0.717, 1.165) is 48.3 Å². The second-order valence-electron chi connectivity index (χ2n) is 7.79. The average molecular weight is 412 g/mol. The highest BCUT2D eigenvalue weighted by molar-refractivity contribution is 5.84. The maximum Gasteiger partial charge on any atom is 0.293 e. The van der Waals surface area contributed by atoms with Crippen molar-refractivity contribution >= 4 is 27.8 Å². The second-order valence-corrected chi connectivity index (χ2v) is 7.79. The summed E-state index contributed by atoms with van der Waals surface area (Å²) in [6, 6.07) is 10.0. The van der Waals surface area contributed by atoms with Gasteiger partial charge in [0.15, 0.2) is 0 Å². The molecular weight excluding hydrogens is 388 g/mol. The molecule has 0 saturated carbocycles. The SMILES string of the molecule is CC#CCn1c(N2CCCCC2)nc2cnn(Cc3nccc4ccccc34)c(=O)c21. The van der Waals surface area contributed by atoms with Crippen molar-refractivity contribution in [2.45, 2.75) is 39.3 Å². The summed E-state index contributed by atoms with van der Waals surface area (Å²) < 4.78 is 3.43. The van der Waals surface area contributed by atoms with E-state index in [4.69, 9.17) is 4.98 Å². The molecule has 31 heavy (non-hydrogen) atoms. The van der Waals surface area contributed by atoms with Crippen LogP contribution in [0.3, 0.4) is 0 Å². The Morgan fingerprint density at radius 2 is 1.94 bits per heavy atom. The summed E-state index contributed by atoms with van der Waals surface area (Å²) in [5.74, 6) is 6.87. The molecule has 1 aromatic carbocycles. The molecule has 4 heterocycles. The van der Waals surface area contributed by atoms with Gasteiger partial charge >= 0.3 is 0 Å². The van der Waals surface area contributed by atoms with Gasteiger partial charge in [-0.2, -0.15) is 5.10 Å². The number of imidazole rings is 1. The van der Waals surface area contributed by atoms with Gasteiger partial charge in [0.25, 0.3) is 5.56 Å². The van der Waals surface area contributed by atoms with Crippen LogP contribution in [0.15, 0.2) is 47.5 Å². The van der Waals surface area contributed by atoms with Gasteiger partial charge in [-0.3, -0.25) is 14.3 Å². The Hall–Kier alpha value is -3.66. The van der Waals surface area contributed by atoms with E-state index in [-0.39, 0.29) is 5.56 Å². The van der Waals surface area contributed by atoms with Gasteiger partial charge in [0.05, 0.1) is 25.0 Å². The smallest absolute Gasteiger partial charge is 0.293 e. The number of anilines is 1. The topological polar surface area (TPSA) is 68.8 Å². The predicted molar refractivity (Wildman–Crippen MR) is 122 cm³/mol. The minimum Gasteiger partial charge on any atom is -0.342 e. The molecule has 3 aromatic heterocycles. The van der Waals surface area contributed by atoms with Crippen LogP contribution in [0.4, 0.5) is 5.95 Å². The summed E-state index contributed by atoms with van der Waals surface area (Å²) in [5.41, 5.74) is 1.83. The molecule has 1 fully saturated rings. The first-order valence-electron chi connectivity index (χ1n) is 10.7. The molecule has 5 rings (SSSR count). The van der Waals surface area contributed by atoms with Gasteiger partial charge in [0.1, 0.15) is 11.0 Å². The first-order chi connectivity index (χ1) is 15.3. The fourth-order valence-corrected chi connectivity index (χ4v) is 4.28. The Labute approximate surface area is 180 Å². The van der Waals surface area contributed by atoms with Crippen molar-refractivity contribution in [2.24, 2.45) is 0 Å². The summed E-state index contributed by atoms with van der Waals surface area (Å²) in [7, 11) is 0. The van der Waals surface area contributed by atoms with Crippen LogP contribution in [0.5, 0.6) is 0 Å². The van der Waals surface area contributed by atoms with E-state index >= 15 is 0 Å². The Morgan fingerprint density at radius 3 is 2.77 bits per heavy atom. The van der Waals surface area contributed by atoms with E-state index < -0.39 is 0 Å². The van der Waals surface area contributed by atoms with Crippen LogP contribution in [0, 0.1) is 11.8 Å². The van der Waals surface area contributed by atoms with Crippen LogP contribution in [-0.2, 0) is 13.1 Å². The normalized spacial score (nSPS) is 14.0. The van der Waals surface area contributed by atoms with Gasteiger partial charge < -0.3 is 4.90 Å². The molecule has 7 nitrogen and oxygen atoms in total. The molecule has 0 N–H and O–H groups in total. The van der Waals surface area contributed by atoms with E-state index in [1.807, 2.05) is 41.8 Å². The van der Waals surface area contributed by atoms with Crippen LogP contribution in [-0.4, -0.2) is 37.4 Å². The van der Waals surface area contributed by atoms with Crippen molar-refractivity contribution in [1.82, 2.24) is 24.3 Å². The highest BCUT2D eigenvalue weighted by Crippen LogP contribution is 2.23. The van der Waals surface area contributed by atoms with Crippen molar-refractivity contribution in [3.63, 3.8) is 0 Å². The Balaban J connectivity index is 1.62. The molecule has 7 heteroatoms. The summed E-state index contributed by atoms with van der Waals surface area (Å²) in [6.45, 7) is 4.45. The lowest BCUT2D eigenvalue weighted by molar-refractivity contribution is 0.561. The highest BCUT2D eigenvalue weighted by Gasteiger charge is 2.22. The number of pyridine rings is 1. The molecule has 0 unspecified atom stereocenters. The van der Waals surface area contributed by atoms with Crippen molar-refractivity contribution in [1.29, 1.82) is 0 Å². The zero-order chi connectivity index (χ0) is 21.2. The first-order valence-corrected chi connectivity index (χ1v) is 10.7. The molecule has 1 aliphatic heterocycles. The minimum atomic E-state index is -0.166. The van der Waals surface area contributed by atoms with Crippen LogP contribution in [0.25, 0.3) is 21.8 Å². The van der Waals surface area contributed by atoms with E-state index in [0.29, 0.717) is 24.1 Å². The van der Waals surface area contributed by atoms with Gasteiger partial charge in [0, 0.05) is 24.7 Å². The van der Waals surface area contributed by atoms with Crippen LogP contribution in [0.2, 0.25) is 0 Å². The Morgan fingerprint density at radius 1 is 1.10 bits per heavy atom. The maximum atomic E-state index is 13.5.